The molecule has 152 valence electrons. The van der Waals surface area contributed by atoms with Crippen LogP contribution in [0.3, 0.4) is 0 Å². The van der Waals surface area contributed by atoms with Gasteiger partial charge in [-0.25, -0.2) is 4.39 Å². The van der Waals surface area contributed by atoms with Gasteiger partial charge in [-0.2, -0.15) is 5.10 Å². The highest BCUT2D eigenvalue weighted by atomic mass is 19.1. The summed E-state index contributed by atoms with van der Waals surface area (Å²) in [4.78, 5) is 0. The van der Waals surface area contributed by atoms with Gasteiger partial charge in [0, 0.05) is 17.5 Å². The summed E-state index contributed by atoms with van der Waals surface area (Å²) in [5.41, 5.74) is 3.76. The van der Waals surface area contributed by atoms with Gasteiger partial charge in [0.1, 0.15) is 17.3 Å². The number of methoxy groups -OCH3 is 2. The summed E-state index contributed by atoms with van der Waals surface area (Å²) in [7, 11) is 3.33. The van der Waals surface area contributed by atoms with Crippen molar-refractivity contribution in [2.75, 3.05) is 19.2 Å². The van der Waals surface area contributed by atoms with Crippen molar-refractivity contribution in [1.29, 1.82) is 0 Å². The zero-order chi connectivity index (χ0) is 20.9. The lowest BCUT2D eigenvalue weighted by atomic mass is 9.99. The second-order valence-corrected chi connectivity index (χ2v) is 6.95. The number of para-hydroxylation sites is 2. The Labute approximate surface area is 175 Å². The van der Waals surface area contributed by atoms with Crippen LogP contribution in [0.1, 0.15) is 23.6 Å². The molecule has 4 rings (SSSR count). The van der Waals surface area contributed by atoms with Crippen LogP contribution in [0, 0.1) is 5.82 Å². The fourth-order valence-electron chi connectivity index (χ4n) is 3.64. The molecule has 0 radical (unpaired) electrons. The Morgan fingerprint density at radius 3 is 2.27 bits per heavy atom. The van der Waals surface area contributed by atoms with E-state index in [2.05, 4.69) is 0 Å². The third kappa shape index (κ3) is 4.06. The van der Waals surface area contributed by atoms with E-state index in [-0.39, 0.29) is 11.9 Å². The molecule has 30 heavy (non-hydrogen) atoms. The molecule has 0 aromatic heterocycles. The highest BCUT2D eigenvalue weighted by Crippen LogP contribution is 2.39. The summed E-state index contributed by atoms with van der Waals surface area (Å²) in [5.74, 6) is 1.34. The van der Waals surface area contributed by atoms with Crippen LogP contribution in [0.25, 0.3) is 6.08 Å². The molecular weight excluding hydrogens is 379 g/mol. The van der Waals surface area contributed by atoms with Crippen molar-refractivity contribution < 1.29 is 13.9 Å². The Kier molecular flexibility index (Phi) is 5.80. The molecule has 1 heterocycles. The molecule has 0 saturated carbocycles. The molecular formula is C25H23FN2O2. The summed E-state index contributed by atoms with van der Waals surface area (Å²) >= 11 is 0. The van der Waals surface area contributed by atoms with Crippen molar-refractivity contribution in [3.05, 3.63) is 95.8 Å². The van der Waals surface area contributed by atoms with E-state index in [4.69, 9.17) is 14.6 Å². The van der Waals surface area contributed by atoms with Gasteiger partial charge in [0.15, 0.2) is 0 Å². The lowest BCUT2D eigenvalue weighted by Gasteiger charge is -2.25. The average molecular weight is 402 g/mol. The van der Waals surface area contributed by atoms with Crippen LogP contribution in [-0.2, 0) is 0 Å². The molecule has 0 aliphatic carbocycles. The molecule has 5 heteroatoms. The van der Waals surface area contributed by atoms with Gasteiger partial charge < -0.3 is 9.47 Å². The van der Waals surface area contributed by atoms with Crippen molar-refractivity contribution in [3.8, 4) is 11.5 Å². The minimum absolute atomic E-state index is 0.0519. The molecule has 1 aliphatic rings. The molecule has 0 bridgehead atoms. The van der Waals surface area contributed by atoms with Crippen LogP contribution < -0.4 is 14.5 Å². The summed E-state index contributed by atoms with van der Waals surface area (Å²) in [6, 6.07) is 22.1. The van der Waals surface area contributed by atoms with Gasteiger partial charge >= 0.3 is 0 Å². The predicted octanol–water partition coefficient (Wildman–Crippen LogP) is 5.86. The van der Waals surface area contributed by atoms with Crippen LogP contribution in [0.5, 0.6) is 11.5 Å². The minimum atomic E-state index is -0.271. The zero-order valence-corrected chi connectivity index (χ0v) is 17.0. The number of hydrogen-bond donors (Lipinski definition) is 0. The van der Waals surface area contributed by atoms with Crippen LogP contribution in [0.2, 0.25) is 0 Å². The van der Waals surface area contributed by atoms with E-state index >= 15 is 0 Å². The van der Waals surface area contributed by atoms with E-state index in [1.807, 2.05) is 65.7 Å². The second-order valence-electron chi connectivity index (χ2n) is 6.95. The first-order valence-corrected chi connectivity index (χ1v) is 9.76. The SMILES string of the molecule is COc1ccccc1/C=C/C1=NN(c2ccc(F)cc2)[C@H](c2ccccc2OC)C1. The Bertz CT molecular complexity index is 1080. The van der Waals surface area contributed by atoms with Crippen LogP contribution in [0.15, 0.2) is 84.0 Å². The quantitative estimate of drug-likeness (QED) is 0.518. The zero-order valence-electron chi connectivity index (χ0n) is 17.0. The smallest absolute Gasteiger partial charge is 0.126 e. The van der Waals surface area contributed by atoms with E-state index in [1.165, 1.54) is 12.1 Å². The Hall–Kier alpha value is -3.60. The number of allylic oxidation sites excluding steroid dienone is 1. The third-order valence-electron chi connectivity index (χ3n) is 5.12. The van der Waals surface area contributed by atoms with Crippen molar-refractivity contribution in [2.45, 2.75) is 12.5 Å². The molecule has 4 nitrogen and oxygen atoms in total. The van der Waals surface area contributed by atoms with Crippen molar-refractivity contribution >= 4 is 17.5 Å². The Balaban J connectivity index is 1.69. The maximum absolute atomic E-state index is 13.5. The Morgan fingerprint density at radius 1 is 0.867 bits per heavy atom. The van der Waals surface area contributed by atoms with Gasteiger partial charge in [0.2, 0.25) is 0 Å². The molecule has 1 aliphatic heterocycles. The molecule has 0 N–H and O–H groups in total. The van der Waals surface area contributed by atoms with Gasteiger partial charge in [-0.05, 0) is 48.6 Å². The number of benzene rings is 3. The second kappa shape index (κ2) is 8.82. The molecule has 0 saturated heterocycles. The topological polar surface area (TPSA) is 34.1 Å². The Morgan fingerprint density at radius 2 is 1.53 bits per heavy atom. The standard InChI is InChI=1S/C25H23FN2O2/c1-29-24-9-5-3-7-18(24)11-14-20-17-23(22-8-4-6-10-25(22)30-2)28(27-20)21-15-12-19(26)13-16-21/h3-16,23H,17H2,1-2H3/b14-11+/t23-/m0/s1. The van der Waals surface area contributed by atoms with Crippen molar-refractivity contribution in [1.82, 2.24) is 0 Å². The number of anilines is 1. The van der Waals surface area contributed by atoms with Crippen LogP contribution in [0.4, 0.5) is 10.1 Å². The molecule has 1 atom stereocenters. The minimum Gasteiger partial charge on any atom is -0.496 e. The molecule has 0 unspecified atom stereocenters. The van der Waals surface area contributed by atoms with E-state index < -0.39 is 0 Å². The van der Waals surface area contributed by atoms with E-state index in [0.717, 1.165) is 34.0 Å². The lowest BCUT2D eigenvalue weighted by molar-refractivity contribution is 0.405. The number of hydrogen-bond acceptors (Lipinski definition) is 4. The maximum atomic E-state index is 13.5. The molecule has 0 spiro atoms. The highest BCUT2D eigenvalue weighted by Gasteiger charge is 2.30. The van der Waals surface area contributed by atoms with Crippen molar-refractivity contribution in [2.24, 2.45) is 5.10 Å². The number of nitrogens with zero attached hydrogens (tertiary/aromatic N) is 2. The number of hydrazone groups is 1. The normalized spacial score (nSPS) is 16.0. The van der Waals surface area contributed by atoms with Gasteiger partial charge in [0.05, 0.1) is 31.7 Å². The van der Waals surface area contributed by atoms with Gasteiger partial charge in [-0.3, -0.25) is 5.01 Å². The largest absolute Gasteiger partial charge is 0.496 e. The van der Waals surface area contributed by atoms with Gasteiger partial charge in [-0.15, -0.1) is 0 Å². The lowest BCUT2D eigenvalue weighted by Crippen LogP contribution is -2.19. The summed E-state index contributed by atoms with van der Waals surface area (Å²) in [6.45, 7) is 0. The van der Waals surface area contributed by atoms with Crippen LogP contribution in [-0.4, -0.2) is 19.9 Å². The monoisotopic (exact) mass is 402 g/mol. The van der Waals surface area contributed by atoms with E-state index in [1.54, 1.807) is 26.4 Å². The molecule has 3 aromatic rings. The van der Waals surface area contributed by atoms with Crippen molar-refractivity contribution in [3.63, 3.8) is 0 Å². The third-order valence-corrected chi connectivity index (χ3v) is 5.12. The van der Waals surface area contributed by atoms with Crippen LogP contribution >= 0.6 is 0 Å². The van der Waals surface area contributed by atoms with Gasteiger partial charge in [-0.1, -0.05) is 36.4 Å². The fourth-order valence-corrected chi connectivity index (χ4v) is 3.64. The van der Waals surface area contributed by atoms with Gasteiger partial charge in [0.25, 0.3) is 0 Å². The molecule has 0 fully saturated rings. The predicted molar refractivity (Wildman–Crippen MR) is 119 cm³/mol. The van der Waals surface area contributed by atoms with E-state index in [9.17, 15) is 4.39 Å². The average Bonchev–Trinajstić information content (AvgIpc) is 3.22. The summed E-state index contributed by atoms with van der Waals surface area (Å²) in [5, 5.41) is 6.77. The number of ether oxygens (including phenoxy) is 2. The fraction of sp³-hybridized carbons (Fsp3) is 0.160. The number of halogens is 1. The summed E-state index contributed by atoms with van der Waals surface area (Å²) in [6.07, 6.45) is 4.71. The molecule has 3 aromatic carbocycles. The molecule has 0 amide bonds. The number of rotatable bonds is 6. The first kappa shape index (κ1) is 19.7. The maximum Gasteiger partial charge on any atom is 0.126 e. The first-order valence-electron chi connectivity index (χ1n) is 9.76. The van der Waals surface area contributed by atoms with E-state index in [0.29, 0.717) is 6.42 Å². The highest BCUT2D eigenvalue weighted by molar-refractivity contribution is 6.01. The first-order chi connectivity index (χ1) is 14.7. The summed E-state index contributed by atoms with van der Waals surface area (Å²) < 4.78 is 24.5.